The molecule has 2 rings (SSSR count). The van der Waals surface area contributed by atoms with Gasteiger partial charge in [-0.15, -0.1) is 0 Å². The van der Waals surface area contributed by atoms with E-state index in [0.717, 1.165) is 12.8 Å². The molecular weight excluding hydrogens is 332 g/mol. The monoisotopic (exact) mass is 360 g/mol. The summed E-state index contributed by atoms with van der Waals surface area (Å²) in [5.74, 6) is -0.859. The molecule has 0 saturated heterocycles. The molecule has 5 nitrogen and oxygen atoms in total. The lowest BCUT2D eigenvalue weighted by atomic mass is 10.1. The highest BCUT2D eigenvalue weighted by Gasteiger charge is 2.41. The Kier molecular flexibility index (Phi) is 7.82. The van der Waals surface area contributed by atoms with Gasteiger partial charge in [0.25, 0.3) is 0 Å². The quantitative estimate of drug-likeness (QED) is 0.330. The fraction of sp³-hybridized carbons (Fsp3) is 0.571. The van der Waals surface area contributed by atoms with Crippen LogP contribution in [0, 0.1) is 0 Å². The van der Waals surface area contributed by atoms with E-state index in [1.807, 2.05) is 6.92 Å². The topological polar surface area (TPSA) is 69.7 Å². The first-order chi connectivity index (χ1) is 12.6. The van der Waals surface area contributed by atoms with Crippen molar-refractivity contribution in [3.8, 4) is 5.75 Å². The van der Waals surface area contributed by atoms with Crippen molar-refractivity contribution in [1.29, 1.82) is 0 Å². The van der Waals surface area contributed by atoms with Gasteiger partial charge >= 0.3 is 5.97 Å². The van der Waals surface area contributed by atoms with Crippen molar-refractivity contribution in [3.05, 3.63) is 29.3 Å². The number of rotatable bonds is 11. The predicted molar refractivity (Wildman–Crippen MR) is 98.8 cm³/mol. The van der Waals surface area contributed by atoms with Gasteiger partial charge in [-0.2, -0.15) is 0 Å². The van der Waals surface area contributed by atoms with Crippen molar-refractivity contribution >= 4 is 17.5 Å². The largest absolute Gasteiger partial charge is 0.494 e. The van der Waals surface area contributed by atoms with Crippen LogP contribution in [0.1, 0.15) is 85.9 Å². The lowest BCUT2D eigenvalue weighted by Gasteiger charge is -2.08. The maximum Gasteiger partial charge on any atom is 0.306 e. The summed E-state index contributed by atoms with van der Waals surface area (Å²) in [6.45, 7) is 4.61. The highest BCUT2D eigenvalue weighted by atomic mass is 16.6. The summed E-state index contributed by atoms with van der Waals surface area (Å²) in [4.78, 5) is 36.4. The van der Waals surface area contributed by atoms with Crippen molar-refractivity contribution in [2.75, 3.05) is 6.61 Å². The van der Waals surface area contributed by atoms with E-state index in [1.54, 1.807) is 18.2 Å². The number of ketones is 2. The first-order valence-corrected chi connectivity index (χ1v) is 9.63. The van der Waals surface area contributed by atoms with Gasteiger partial charge in [0.1, 0.15) is 5.75 Å². The Bertz CT molecular complexity index is 650. The van der Waals surface area contributed by atoms with Gasteiger partial charge in [0.2, 0.25) is 17.7 Å². The molecule has 1 aliphatic carbocycles. The SMILES string of the molecule is CCCCCCCCOc1ccc2c(c1)C(=O)C(OC(=O)CCC)C2=O. The Balaban J connectivity index is 1.89. The molecule has 1 aromatic rings. The number of hydrogen-bond donors (Lipinski definition) is 0. The van der Waals surface area contributed by atoms with E-state index in [4.69, 9.17) is 9.47 Å². The summed E-state index contributed by atoms with van der Waals surface area (Å²) in [5, 5.41) is 0. The molecule has 142 valence electrons. The van der Waals surface area contributed by atoms with Crippen LogP contribution in [0.15, 0.2) is 18.2 Å². The maximum absolute atomic E-state index is 12.4. The zero-order valence-electron chi connectivity index (χ0n) is 15.7. The number of Topliss-reactive ketones (excluding diaryl/α,β-unsaturated/α-hetero) is 2. The fourth-order valence-corrected chi connectivity index (χ4v) is 3.01. The van der Waals surface area contributed by atoms with E-state index in [0.29, 0.717) is 24.3 Å². The average Bonchev–Trinajstić information content (AvgIpc) is 2.86. The van der Waals surface area contributed by atoms with Crippen LogP contribution in [0.3, 0.4) is 0 Å². The molecule has 1 atom stereocenters. The standard InChI is InChI=1S/C21H28O5/c1-3-5-6-7-8-9-13-25-15-11-12-16-17(14-15)20(24)21(19(16)23)26-18(22)10-4-2/h11-12,14,21H,3-10,13H2,1-2H3. The Morgan fingerprint density at radius 1 is 0.923 bits per heavy atom. The van der Waals surface area contributed by atoms with Crippen LogP contribution in [-0.2, 0) is 9.53 Å². The van der Waals surface area contributed by atoms with Crippen LogP contribution >= 0.6 is 0 Å². The second kappa shape index (κ2) is 10.1. The van der Waals surface area contributed by atoms with Gasteiger partial charge in [0, 0.05) is 17.5 Å². The number of hydrogen-bond acceptors (Lipinski definition) is 5. The second-order valence-electron chi connectivity index (χ2n) is 6.67. The normalized spacial score (nSPS) is 15.8. The van der Waals surface area contributed by atoms with E-state index < -0.39 is 23.6 Å². The average molecular weight is 360 g/mol. The minimum Gasteiger partial charge on any atom is -0.494 e. The summed E-state index contributed by atoms with van der Waals surface area (Å²) in [7, 11) is 0. The molecule has 0 fully saturated rings. The summed E-state index contributed by atoms with van der Waals surface area (Å²) in [6, 6.07) is 4.86. The number of ether oxygens (including phenoxy) is 2. The van der Waals surface area contributed by atoms with Crippen LogP contribution in [0.4, 0.5) is 0 Å². The molecule has 0 saturated carbocycles. The van der Waals surface area contributed by atoms with Gasteiger partial charge in [-0.3, -0.25) is 14.4 Å². The fourth-order valence-electron chi connectivity index (χ4n) is 3.01. The minimum absolute atomic E-state index is 0.194. The van der Waals surface area contributed by atoms with Crippen LogP contribution < -0.4 is 4.74 Å². The zero-order valence-corrected chi connectivity index (χ0v) is 15.7. The van der Waals surface area contributed by atoms with Crippen molar-refractivity contribution in [3.63, 3.8) is 0 Å². The molecule has 0 spiro atoms. The van der Waals surface area contributed by atoms with Crippen molar-refractivity contribution in [2.45, 2.75) is 71.3 Å². The molecule has 0 aliphatic heterocycles. The number of unbranched alkanes of at least 4 members (excludes halogenated alkanes) is 5. The van der Waals surface area contributed by atoms with E-state index in [2.05, 4.69) is 6.92 Å². The summed E-state index contributed by atoms with van der Waals surface area (Å²) < 4.78 is 10.8. The third kappa shape index (κ3) is 5.16. The lowest BCUT2D eigenvalue weighted by molar-refractivity contribution is -0.145. The Morgan fingerprint density at radius 2 is 1.62 bits per heavy atom. The van der Waals surface area contributed by atoms with E-state index >= 15 is 0 Å². The summed E-state index contributed by atoms with van der Waals surface area (Å²) in [6.07, 6.45) is 6.51. The minimum atomic E-state index is -1.34. The number of carbonyl (C=O) groups excluding carboxylic acids is 3. The first kappa shape index (κ1) is 20.1. The van der Waals surface area contributed by atoms with Gasteiger partial charge < -0.3 is 9.47 Å². The molecule has 0 N–H and O–H groups in total. The van der Waals surface area contributed by atoms with Crippen LogP contribution in [0.5, 0.6) is 5.75 Å². The molecule has 0 radical (unpaired) electrons. The lowest BCUT2D eigenvalue weighted by Crippen LogP contribution is -2.28. The van der Waals surface area contributed by atoms with E-state index in [-0.39, 0.29) is 12.0 Å². The van der Waals surface area contributed by atoms with Crippen LogP contribution in [0.25, 0.3) is 0 Å². The van der Waals surface area contributed by atoms with Gasteiger partial charge in [0.15, 0.2) is 0 Å². The molecule has 26 heavy (non-hydrogen) atoms. The predicted octanol–water partition coefficient (Wildman–Crippen LogP) is 4.52. The van der Waals surface area contributed by atoms with Gasteiger partial charge in [-0.25, -0.2) is 0 Å². The molecule has 1 aromatic carbocycles. The van der Waals surface area contributed by atoms with E-state index in [1.165, 1.54) is 25.7 Å². The molecule has 0 amide bonds. The Labute approximate surface area is 155 Å². The van der Waals surface area contributed by atoms with Gasteiger partial charge in [0.05, 0.1) is 6.61 Å². The van der Waals surface area contributed by atoms with Crippen LogP contribution in [0.2, 0.25) is 0 Å². The summed E-state index contributed by atoms with van der Waals surface area (Å²) >= 11 is 0. The molecule has 0 aromatic heterocycles. The van der Waals surface area contributed by atoms with E-state index in [9.17, 15) is 14.4 Å². The third-order valence-electron chi connectivity index (χ3n) is 4.47. The zero-order chi connectivity index (χ0) is 18.9. The third-order valence-corrected chi connectivity index (χ3v) is 4.47. The van der Waals surface area contributed by atoms with Crippen LogP contribution in [-0.4, -0.2) is 30.2 Å². The molecule has 0 bridgehead atoms. The van der Waals surface area contributed by atoms with Gasteiger partial charge in [-0.1, -0.05) is 46.0 Å². The van der Waals surface area contributed by atoms with Gasteiger partial charge in [-0.05, 0) is 31.0 Å². The van der Waals surface area contributed by atoms with Crippen molar-refractivity contribution in [1.82, 2.24) is 0 Å². The first-order valence-electron chi connectivity index (χ1n) is 9.63. The number of fused-ring (bicyclic) bond motifs is 1. The highest BCUT2D eigenvalue weighted by molar-refractivity contribution is 6.29. The number of esters is 1. The molecular formula is C21H28O5. The molecule has 1 aliphatic rings. The smallest absolute Gasteiger partial charge is 0.306 e. The second-order valence-corrected chi connectivity index (χ2v) is 6.67. The van der Waals surface area contributed by atoms with Crippen molar-refractivity contribution < 1.29 is 23.9 Å². The number of carbonyl (C=O) groups is 3. The molecule has 0 heterocycles. The number of benzene rings is 1. The highest BCUT2D eigenvalue weighted by Crippen LogP contribution is 2.28. The Hall–Kier alpha value is -2.17. The van der Waals surface area contributed by atoms with Crippen molar-refractivity contribution in [2.24, 2.45) is 0 Å². The molecule has 5 heteroatoms. The maximum atomic E-state index is 12.4. The Morgan fingerprint density at radius 3 is 2.35 bits per heavy atom. The summed E-state index contributed by atoms with van der Waals surface area (Å²) in [5.41, 5.74) is 0.584. The molecule has 1 unspecified atom stereocenters.